The monoisotopic (exact) mass is 411 g/mol. The van der Waals surface area contributed by atoms with E-state index >= 15 is 0 Å². The molecule has 4 nitrogen and oxygen atoms in total. The van der Waals surface area contributed by atoms with Crippen molar-refractivity contribution in [2.45, 2.75) is 26.1 Å². The Labute approximate surface area is 165 Å². The van der Waals surface area contributed by atoms with Crippen molar-refractivity contribution in [3.05, 3.63) is 70.3 Å². The highest BCUT2D eigenvalue weighted by Crippen LogP contribution is 2.33. The standard InChI is InChI=1S/C20H17ClF3NO3/c1-12-3-5-14(6-4-12)7-10-18(26)28-13(2)19(27)25-17-11-15(20(22,23)24)8-9-16(17)21/h3-11,13H,1-2H3,(H,25,27)/b10-7+/t13-/m1/s1. The Morgan fingerprint density at radius 3 is 2.39 bits per heavy atom. The fourth-order valence-corrected chi connectivity index (χ4v) is 2.31. The van der Waals surface area contributed by atoms with Crippen LogP contribution in [-0.4, -0.2) is 18.0 Å². The van der Waals surface area contributed by atoms with Crippen molar-refractivity contribution >= 4 is 35.2 Å². The quantitative estimate of drug-likeness (QED) is 0.540. The number of carbonyl (C=O) groups is 2. The third-order valence-corrected chi connectivity index (χ3v) is 4.03. The number of anilines is 1. The van der Waals surface area contributed by atoms with Crippen LogP contribution in [0.3, 0.4) is 0 Å². The Hall–Kier alpha value is -2.80. The van der Waals surface area contributed by atoms with E-state index in [1.54, 1.807) is 0 Å². The maximum atomic E-state index is 12.8. The summed E-state index contributed by atoms with van der Waals surface area (Å²) in [6.07, 6.45) is -3.13. The molecule has 0 aromatic heterocycles. The average Bonchev–Trinajstić information content (AvgIpc) is 2.62. The number of esters is 1. The van der Waals surface area contributed by atoms with Crippen LogP contribution in [0.5, 0.6) is 0 Å². The van der Waals surface area contributed by atoms with Crippen molar-refractivity contribution < 1.29 is 27.5 Å². The van der Waals surface area contributed by atoms with E-state index in [0.717, 1.165) is 29.3 Å². The summed E-state index contributed by atoms with van der Waals surface area (Å²) in [6.45, 7) is 3.23. The minimum absolute atomic E-state index is 0.0702. The van der Waals surface area contributed by atoms with Crippen LogP contribution in [0, 0.1) is 6.92 Å². The van der Waals surface area contributed by atoms with E-state index in [0.29, 0.717) is 6.07 Å². The van der Waals surface area contributed by atoms with E-state index in [1.165, 1.54) is 13.0 Å². The zero-order valence-corrected chi connectivity index (χ0v) is 15.8. The number of halogens is 4. The molecule has 148 valence electrons. The van der Waals surface area contributed by atoms with Gasteiger partial charge in [-0.15, -0.1) is 0 Å². The molecule has 0 fully saturated rings. The first kappa shape index (κ1) is 21.5. The number of hydrogen-bond acceptors (Lipinski definition) is 3. The minimum Gasteiger partial charge on any atom is -0.449 e. The zero-order valence-electron chi connectivity index (χ0n) is 15.0. The molecule has 0 aliphatic rings. The second-order valence-corrected chi connectivity index (χ2v) is 6.41. The van der Waals surface area contributed by atoms with Crippen LogP contribution in [0.1, 0.15) is 23.6 Å². The number of ether oxygens (including phenoxy) is 1. The summed E-state index contributed by atoms with van der Waals surface area (Å²) in [5.41, 5.74) is 0.658. The smallest absolute Gasteiger partial charge is 0.416 e. The van der Waals surface area contributed by atoms with E-state index in [2.05, 4.69) is 5.32 Å². The average molecular weight is 412 g/mol. The van der Waals surface area contributed by atoms with Gasteiger partial charge in [-0.2, -0.15) is 13.2 Å². The Bertz CT molecular complexity index is 893. The summed E-state index contributed by atoms with van der Waals surface area (Å²) < 4.78 is 43.3. The van der Waals surface area contributed by atoms with Gasteiger partial charge in [0.2, 0.25) is 0 Å². The number of aryl methyl sites for hydroxylation is 1. The van der Waals surface area contributed by atoms with E-state index < -0.39 is 29.7 Å². The molecule has 2 aromatic carbocycles. The second-order valence-electron chi connectivity index (χ2n) is 6.00. The summed E-state index contributed by atoms with van der Waals surface area (Å²) in [5.74, 6) is -1.57. The third kappa shape index (κ3) is 6.13. The van der Waals surface area contributed by atoms with Crippen LogP contribution in [0.2, 0.25) is 5.02 Å². The van der Waals surface area contributed by atoms with Crippen LogP contribution < -0.4 is 5.32 Å². The molecule has 0 aliphatic heterocycles. The number of rotatable bonds is 5. The lowest BCUT2D eigenvalue weighted by atomic mass is 10.1. The van der Waals surface area contributed by atoms with Crippen LogP contribution in [-0.2, 0) is 20.5 Å². The van der Waals surface area contributed by atoms with Crippen molar-refractivity contribution in [2.75, 3.05) is 5.32 Å². The Kier molecular flexibility index (Phi) is 6.85. The molecule has 2 rings (SSSR count). The van der Waals surface area contributed by atoms with E-state index in [9.17, 15) is 22.8 Å². The maximum Gasteiger partial charge on any atom is 0.416 e. The molecule has 0 heterocycles. The number of nitrogens with one attached hydrogen (secondary N) is 1. The molecule has 0 saturated heterocycles. The van der Waals surface area contributed by atoms with E-state index in [4.69, 9.17) is 16.3 Å². The largest absolute Gasteiger partial charge is 0.449 e. The molecule has 0 radical (unpaired) electrons. The Morgan fingerprint density at radius 2 is 1.79 bits per heavy atom. The number of alkyl halides is 3. The fraction of sp³-hybridized carbons (Fsp3) is 0.200. The minimum atomic E-state index is -4.58. The summed E-state index contributed by atoms with van der Waals surface area (Å²) in [7, 11) is 0. The van der Waals surface area contributed by atoms with Crippen molar-refractivity contribution in [2.24, 2.45) is 0 Å². The lowest BCUT2D eigenvalue weighted by Crippen LogP contribution is -2.29. The second kappa shape index (κ2) is 8.93. The van der Waals surface area contributed by atoms with Gasteiger partial charge in [0.1, 0.15) is 0 Å². The number of amides is 1. The molecule has 0 bridgehead atoms. The molecular weight excluding hydrogens is 395 g/mol. The molecule has 2 aromatic rings. The Balaban J connectivity index is 1.99. The highest BCUT2D eigenvalue weighted by molar-refractivity contribution is 6.33. The fourth-order valence-electron chi connectivity index (χ4n) is 2.14. The van der Waals surface area contributed by atoms with Gasteiger partial charge in [-0.3, -0.25) is 4.79 Å². The van der Waals surface area contributed by atoms with E-state index in [-0.39, 0.29) is 10.7 Å². The van der Waals surface area contributed by atoms with Crippen LogP contribution >= 0.6 is 11.6 Å². The molecule has 8 heteroatoms. The molecule has 0 unspecified atom stereocenters. The van der Waals surface area contributed by atoms with Crippen LogP contribution in [0.15, 0.2) is 48.5 Å². The molecule has 28 heavy (non-hydrogen) atoms. The third-order valence-electron chi connectivity index (χ3n) is 3.70. The molecular formula is C20H17ClF3NO3. The van der Waals surface area contributed by atoms with Gasteiger partial charge in [0.25, 0.3) is 5.91 Å². The number of hydrogen-bond donors (Lipinski definition) is 1. The van der Waals surface area contributed by atoms with Crippen LogP contribution in [0.25, 0.3) is 6.08 Å². The highest BCUT2D eigenvalue weighted by Gasteiger charge is 2.31. The molecule has 1 N–H and O–H groups in total. The molecule has 1 amide bonds. The van der Waals surface area contributed by atoms with Gasteiger partial charge in [0.05, 0.1) is 16.3 Å². The number of benzene rings is 2. The lowest BCUT2D eigenvalue weighted by molar-refractivity contribution is -0.148. The maximum absolute atomic E-state index is 12.8. The molecule has 0 aliphatic carbocycles. The predicted molar refractivity (Wildman–Crippen MR) is 101 cm³/mol. The SMILES string of the molecule is Cc1ccc(/C=C/C(=O)O[C@H](C)C(=O)Nc2cc(C(F)(F)F)ccc2Cl)cc1. The summed E-state index contributed by atoms with van der Waals surface area (Å²) in [6, 6.07) is 9.92. The van der Waals surface area contributed by atoms with Crippen LogP contribution in [0.4, 0.5) is 18.9 Å². The summed E-state index contributed by atoms with van der Waals surface area (Å²) >= 11 is 5.83. The first-order valence-electron chi connectivity index (χ1n) is 8.19. The Morgan fingerprint density at radius 1 is 1.14 bits per heavy atom. The zero-order chi connectivity index (χ0) is 20.9. The van der Waals surface area contributed by atoms with Crippen molar-refractivity contribution in [3.8, 4) is 0 Å². The lowest BCUT2D eigenvalue weighted by Gasteiger charge is -2.15. The van der Waals surface area contributed by atoms with Crippen molar-refractivity contribution in [1.82, 2.24) is 0 Å². The van der Waals surface area contributed by atoms with E-state index in [1.807, 2.05) is 31.2 Å². The molecule has 0 saturated carbocycles. The topological polar surface area (TPSA) is 55.4 Å². The summed E-state index contributed by atoms with van der Waals surface area (Å²) in [5, 5.41) is 2.17. The predicted octanol–water partition coefficient (Wildman–Crippen LogP) is 5.25. The van der Waals surface area contributed by atoms with Gasteiger partial charge >= 0.3 is 12.1 Å². The van der Waals surface area contributed by atoms with Crippen molar-refractivity contribution in [1.29, 1.82) is 0 Å². The van der Waals surface area contributed by atoms with Gasteiger partial charge in [-0.05, 0) is 43.7 Å². The molecule has 0 spiro atoms. The van der Waals surface area contributed by atoms with Gasteiger partial charge in [0, 0.05) is 6.08 Å². The first-order chi connectivity index (χ1) is 13.1. The highest BCUT2D eigenvalue weighted by atomic mass is 35.5. The van der Waals surface area contributed by atoms with Crippen molar-refractivity contribution in [3.63, 3.8) is 0 Å². The van der Waals surface area contributed by atoms with Gasteiger partial charge < -0.3 is 10.1 Å². The molecule has 1 atom stereocenters. The van der Waals surface area contributed by atoms with Gasteiger partial charge in [-0.25, -0.2) is 4.79 Å². The van der Waals surface area contributed by atoms with Gasteiger partial charge in [-0.1, -0.05) is 41.4 Å². The van der Waals surface area contributed by atoms with Gasteiger partial charge in [0.15, 0.2) is 6.10 Å². The normalized spacial score (nSPS) is 12.6. The first-order valence-corrected chi connectivity index (χ1v) is 8.57. The number of carbonyl (C=O) groups excluding carboxylic acids is 2. The summed E-state index contributed by atoms with van der Waals surface area (Å²) in [4.78, 5) is 24.0.